The van der Waals surface area contributed by atoms with Crippen LogP contribution < -0.4 is 5.73 Å². The van der Waals surface area contributed by atoms with E-state index in [1.165, 1.54) is 0 Å². The third-order valence-corrected chi connectivity index (χ3v) is 1.35. The second kappa shape index (κ2) is 4.99. The van der Waals surface area contributed by atoms with Crippen LogP contribution in [-0.4, -0.2) is 17.6 Å². The van der Waals surface area contributed by atoms with Crippen LogP contribution in [0.1, 0.15) is 12.8 Å². The molecule has 0 aromatic rings. The molecule has 1 atom stereocenters. The highest BCUT2D eigenvalue weighted by Gasteiger charge is 2.12. The Kier molecular flexibility index (Phi) is 4.58. The summed E-state index contributed by atoms with van der Waals surface area (Å²) in [5.41, 5.74) is 5.20. The zero-order chi connectivity index (χ0) is 7.98. The van der Waals surface area contributed by atoms with Crippen LogP contribution in [0, 0.1) is 5.92 Å². The summed E-state index contributed by atoms with van der Waals surface area (Å²) in [6.07, 6.45) is 3.01. The molecule has 0 aromatic carbocycles. The molecule has 0 aliphatic heterocycles. The van der Waals surface area contributed by atoms with E-state index >= 15 is 0 Å². The third kappa shape index (κ3) is 3.25. The van der Waals surface area contributed by atoms with E-state index in [9.17, 15) is 4.79 Å². The first-order valence-corrected chi connectivity index (χ1v) is 3.26. The fraction of sp³-hybridized carbons (Fsp3) is 0.571. The number of carboxylic acids is 1. The predicted molar refractivity (Wildman–Crippen MR) is 39.6 cm³/mol. The van der Waals surface area contributed by atoms with Crippen LogP contribution >= 0.6 is 0 Å². The lowest BCUT2D eigenvalue weighted by atomic mass is 10.0. The second-order valence-corrected chi connectivity index (χ2v) is 2.14. The van der Waals surface area contributed by atoms with Crippen LogP contribution in [0.25, 0.3) is 0 Å². The highest BCUT2D eigenvalue weighted by molar-refractivity contribution is 5.70. The monoisotopic (exact) mass is 143 g/mol. The molecule has 0 saturated heterocycles. The number of allylic oxidation sites excluding steroid dienone is 1. The summed E-state index contributed by atoms with van der Waals surface area (Å²) >= 11 is 0. The highest BCUT2D eigenvalue weighted by Crippen LogP contribution is 2.04. The lowest BCUT2D eigenvalue weighted by Crippen LogP contribution is -2.22. The molecule has 58 valence electrons. The van der Waals surface area contributed by atoms with Crippen molar-refractivity contribution in [2.45, 2.75) is 12.8 Å². The van der Waals surface area contributed by atoms with Crippen LogP contribution in [0.3, 0.4) is 0 Å². The first kappa shape index (κ1) is 9.17. The van der Waals surface area contributed by atoms with E-state index in [1.54, 1.807) is 6.08 Å². The summed E-state index contributed by atoms with van der Waals surface area (Å²) in [4.78, 5) is 10.3. The average molecular weight is 143 g/mol. The molecule has 0 aliphatic rings. The molecule has 10 heavy (non-hydrogen) atoms. The summed E-state index contributed by atoms with van der Waals surface area (Å²) in [7, 11) is 0. The normalized spacial score (nSPS) is 12.5. The van der Waals surface area contributed by atoms with Crippen LogP contribution in [-0.2, 0) is 4.79 Å². The molecule has 3 N–H and O–H groups in total. The van der Waals surface area contributed by atoms with Crippen molar-refractivity contribution < 1.29 is 9.90 Å². The van der Waals surface area contributed by atoms with Crippen LogP contribution in [0.5, 0.6) is 0 Å². The number of aliphatic carboxylic acids is 1. The number of hydrogen-bond acceptors (Lipinski definition) is 2. The van der Waals surface area contributed by atoms with Gasteiger partial charge >= 0.3 is 5.97 Å². The van der Waals surface area contributed by atoms with Gasteiger partial charge in [0.1, 0.15) is 0 Å². The summed E-state index contributed by atoms with van der Waals surface area (Å²) in [6, 6.07) is 0. The predicted octanol–water partition coefficient (Wildman–Crippen LogP) is 0.612. The van der Waals surface area contributed by atoms with Crippen LogP contribution in [0.2, 0.25) is 0 Å². The Hall–Kier alpha value is -0.830. The molecule has 0 bridgehead atoms. The lowest BCUT2D eigenvalue weighted by Gasteiger charge is -2.05. The van der Waals surface area contributed by atoms with Crippen molar-refractivity contribution in [3.8, 4) is 0 Å². The van der Waals surface area contributed by atoms with E-state index in [-0.39, 0.29) is 6.54 Å². The topological polar surface area (TPSA) is 63.3 Å². The minimum absolute atomic E-state index is 0.211. The van der Waals surface area contributed by atoms with Gasteiger partial charge in [0, 0.05) is 6.54 Å². The molecular formula is C7H13NO2. The average Bonchev–Trinajstić information content (AvgIpc) is 1.89. The van der Waals surface area contributed by atoms with Crippen molar-refractivity contribution in [3.05, 3.63) is 12.7 Å². The van der Waals surface area contributed by atoms with E-state index in [1.807, 2.05) is 0 Å². The van der Waals surface area contributed by atoms with Crippen LogP contribution in [0.15, 0.2) is 12.7 Å². The molecule has 3 heteroatoms. The smallest absolute Gasteiger partial charge is 0.307 e. The fourth-order valence-corrected chi connectivity index (χ4v) is 0.661. The molecule has 0 unspecified atom stereocenters. The zero-order valence-electron chi connectivity index (χ0n) is 5.92. The van der Waals surface area contributed by atoms with Crippen molar-refractivity contribution in [3.63, 3.8) is 0 Å². The Morgan fingerprint density at radius 1 is 1.80 bits per heavy atom. The van der Waals surface area contributed by atoms with Gasteiger partial charge in [-0.2, -0.15) is 0 Å². The van der Waals surface area contributed by atoms with Gasteiger partial charge in [-0.25, -0.2) is 0 Å². The molecule has 0 amide bonds. The molecule has 0 aromatic heterocycles. The van der Waals surface area contributed by atoms with Gasteiger partial charge in [0.15, 0.2) is 0 Å². The maximum atomic E-state index is 10.3. The third-order valence-electron chi connectivity index (χ3n) is 1.35. The number of rotatable bonds is 5. The lowest BCUT2D eigenvalue weighted by molar-refractivity contribution is -0.141. The van der Waals surface area contributed by atoms with Crippen molar-refractivity contribution in [2.75, 3.05) is 6.54 Å². The summed E-state index contributed by atoms with van der Waals surface area (Å²) in [5.74, 6) is -1.22. The van der Waals surface area contributed by atoms with Crippen molar-refractivity contribution >= 4 is 5.97 Å². The Balaban J connectivity index is 3.60. The summed E-state index contributed by atoms with van der Waals surface area (Å²) in [6.45, 7) is 3.70. The van der Waals surface area contributed by atoms with E-state index in [2.05, 4.69) is 6.58 Å². The fourth-order valence-electron chi connectivity index (χ4n) is 0.661. The molecule has 3 nitrogen and oxygen atoms in total. The summed E-state index contributed by atoms with van der Waals surface area (Å²) in [5, 5.41) is 8.49. The Labute approximate surface area is 60.5 Å². The van der Waals surface area contributed by atoms with E-state index in [0.29, 0.717) is 12.8 Å². The molecule has 0 rings (SSSR count). The molecule has 0 aliphatic carbocycles. The first-order chi connectivity index (χ1) is 4.72. The number of carbonyl (C=O) groups is 1. The molecule has 0 heterocycles. The van der Waals surface area contributed by atoms with Crippen molar-refractivity contribution in [1.82, 2.24) is 0 Å². The number of nitrogens with two attached hydrogens (primary N) is 1. The standard InChI is InChI=1S/C7H13NO2/c1-2-3-4-6(5-8)7(9)10/h2,6H,1,3-5,8H2,(H,9,10)/t6-/m0/s1. The molecular weight excluding hydrogens is 130 g/mol. The first-order valence-electron chi connectivity index (χ1n) is 3.26. The quantitative estimate of drug-likeness (QED) is 0.554. The van der Waals surface area contributed by atoms with Gasteiger partial charge < -0.3 is 10.8 Å². The van der Waals surface area contributed by atoms with Crippen molar-refractivity contribution in [2.24, 2.45) is 11.7 Å². The van der Waals surface area contributed by atoms with E-state index in [4.69, 9.17) is 10.8 Å². The zero-order valence-corrected chi connectivity index (χ0v) is 5.92. The number of hydrogen-bond donors (Lipinski definition) is 2. The van der Waals surface area contributed by atoms with Crippen molar-refractivity contribution in [1.29, 1.82) is 0 Å². The largest absolute Gasteiger partial charge is 0.481 e. The SMILES string of the molecule is C=CCC[C@@H](CN)C(=O)O. The molecule has 0 radical (unpaired) electrons. The molecule has 0 saturated carbocycles. The van der Waals surface area contributed by atoms with Gasteiger partial charge in [0.2, 0.25) is 0 Å². The minimum Gasteiger partial charge on any atom is -0.481 e. The van der Waals surface area contributed by atoms with E-state index < -0.39 is 11.9 Å². The van der Waals surface area contributed by atoms with Gasteiger partial charge in [-0.05, 0) is 12.8 Å². The van der Waals surface area contributed by atoms with Gasteiger partial charge in [0.05, 0.1) is 5.92 Å². The van der Waals surface area contributed by atoms with Gasteiger partial charge in [-0.1, -0.05) is 6.08 Å². The minimum atomic E-state index is -0.815. The Bertz CT molecular complexity index is 123. The maximum Gasteiger partial charge on any atom is 0.307 e. The van der Waals surface area contributed by atoms with E-state index in [0.717, 1.165) is 0 Å². The second-order valence-electron chi connectivity index (χ2n) is 2.14. The van der Waals surface area contributed by atoms with Gasteiger partial charge in [-0.3, -0.25) is 4.79 Å². The Morgan fingerprint density at radius 3 is 2.70 bits per heavy atom. The van der Waals surface area contributed by atoms with Gasteiger partial charge in [0.25, 0.3) is 0 Å². The molecule has 0 spiro atoms. The van der Waals surface area contributed by atoms with Crippen LogP contribution in [0.4, 0.5) is 0 Å². The highest BCUT2D eigenvalue weighted by atomic mass is 16.4. The number of carboxylic acid groups (broad SMARTS) is 1. The van der Waals surface area contributed by atoms with Gasteiger partial charge in [-0.15, -0.1) is 6.58 Å². The maximum absolute atomic E-state index is 10.3. The Morgan fingerprint density at radius 2 is 2.40 bits per heavy atom. The molecule has 0 fully saturated rings. The summed E-state index contributed by atoms with van der Waals surface area (Å²) < 4.78 is 0.